The van der Waals surface area contributed by atoms with E-state index in [9.17, 15) is 0 Å². The lowest BCUT2D eigenvalue weighted by atomic mass is 10.1. The van der Waals surface area contributed by atoms with Crippen molar-refractivity contribution in [3.8, 4) is 11.4 Å². The monoisotopic (exact) mass is 369 g/mol. The topological polar surface area (TPSA) is 69.1 Å². The van der Waals surface area contributed by atoms with Gasteiger partial charge in [-0.05, 0) is 30.7 Å². The van der Waals surface area contributed by atoms with Gasteiger partial charge >= 0.3 is 0 Å². The Morgan fingerprint density at radius 3 is 2.87 bits per heavy atom. The molecule has 0 aliphatic heterocycles. The summed E-state index contributed by atoms with van der Waals surface area (Å²) in [6.07, 6.45) is 2.50. The number of rotatable bonds is 3. The fourth-order valence-electron chi connectivity index (χ4n) is 2.39. The molecule has 1 aromatic carbocycles. The van der Waals surface area contributed by atoms with E-state index in [0.29, 0.717) is 18.1 Å². The zero-order valence-electron chi connectivity index (χ0n) is 12.3. The van der Waals surface area contributed by atoms with Crippen LogP contribution in [0.15, 0.2) is 51.6 Å². The Morgan fingerprint density at radius 2 is 2.00 bits per heavy atom. The van der Waals surface area contributed by atoms with Gasteiger partial charge in [-0.25, -0.2) is 0 Å². The Labute approximate surface area is 140 Å². The Morgan fingerprint density at radius 1 is 1.13 bits per heavy atom. The highest BCUT2D eigenvalue weighted by Crippen LogP contribution is 2.21. The highest BCUT2D eigenvalue weighted by Gasteiger charge is 2.12. The van der Waals surface area contributed by atoms with Crippen LogP contribution in [-0.4, -0.2) is 24.7 Å². The minimum atomic E-state index is 0.557. The molecule has 0 unspecified atom stereocenters. The number of fused-ring (bicyclic) bond motifs is 1. The normalized spacial score (nSPS) is 11.2. The van der Waals surface area contributed by atoms with Crippen LogP contribution in [0.5, 0.6) is 0 Å². The molecule has 4 rings (SSSR count). The number of hydrogen-bond acceptors (Lipinski definition) is 5. The summed E-state index contributed by atoms with van der Waals surface area (Å²) in [6.45, 7) is 1.90. The third-order valence-corrected chi connectivity index (χ3v) is 4.37. The molecule has 0 aliphatic carbocycles. The van der Waals surface area contributed by atoms with Gasteiger partial charge in [0.25, 0.3) is 0 Å². The number of pyridine rings is 1. The molecule has 0 fully saturated rings. The Balaban J connectivity index is 1.66. The number of hydrogen-bond donors (Lipinski definition) is 0. The summed E-state index contributed by atoms with van der Waals surface area (Å²) in [5.74, 6) is 1.95. The highest BCUT2D eigenvalue weighted by molar-refractivity contribution is 9.10. The molecule has 4 aromatic rings. The van der Waals surface area contributed by atoms with E-state index in [1.165, 1.54) is 0 Å². The summed E-state index contributed by atoms with van der Waals surface area (Å²) in [7, 11) is 0. The van der Waals surface area contributed by atoms with E-state index in [1.54, 1.807) is 0 Å². The second kappa shape index (κ2) is 5.58. The van der Waals surface area contributed by atoms with Crippen molar-refractivity contribution in [2.24, 2.45) is 0 Å². The fraction of sp³-hybridized carbons (Fsp3) is 0.125. The lowest BCUT2D eigenvalue weighted by Crippen LogP contribution is -1.92. The van der Waals surface area contributed by atoms with E-state index in [4.69, 9.17) is 4.52 Å². The first kappa shape index (κ1) is 14.1. The molecule has 0 amide bonds. The van der Waals surface area contributed by atoms with Gasteiger partial charge in [-0.1, -0.05) is 39.3 Å². The van der Waals surface area contributed by atoms with Gasteiger partial charge < -0.3 is 4.52 Å². The van der Waals surface area contributed by atoms with Crippen LogP contribution in [0.1, 0.15) is 17.3 Å². The minimum absolute atomic E-state index is 0.557. The molecular weight excluding hydrogens is 358 g/mol. The Hall–Kier alpha value is -2.54. The minimum Gasteiger partial charge on any atom is -0.339 e. The number of nitrogens with zero attached hydrogens (tertiary/aromatic N) is 5. The molecule has 114 valence electrons. The van der Waals surface area contributed by atoms with Gasteiger partial charge in [0.15, 0.2) is 5.65 Å². The average molecular weight is 370 g/mol. The van der Waals surface area contributed by atoms with E-state index >= 15 is 0 Å². The first-order chi connectivity index (χ1) is 11.2. The summed E-state index contributed by atoms with van der Waals surface area (Å²) in [4.78, 5) is 4.48. The van der Waals surface area contributed by atoms with Crippen molar-refractivity contribution in [3.63, 3.8) is 0 Å². The largest absolute Gasteiger partial charge is 0.339 e. The van der Waals surface area contributed by atoms with Crippen LogP contribution in [-0.2, 0) is 6.42 Å². The first-order valence-electron chi connectivity index (χ1n) is 7.08. The summed E-state index contributed by atoms with van der Waals surface area (Å²) < 4.78 is 8.31. The molecule has 0 saturated heterocycles. The van der Waals surface area contributed by atoms with Crippen LogP contribution in [0.25, 0.3) is 17.0 Å². The molecule has 0 N–H and O–H groups in total. The molecule has 3 aromatic heterocycles. The second-order valence-electron chi connectivity index (χ2n) is 5.17. The van der Waals surface area contributed by atoms with Crippen LogP contribution < -0.4 is 0 Å². The fourth-order valence-corrected chi connectivity index (χ4v) is 2.81. The molecule has 0 spiro atoms. The van der Waals surface area contributed by atoms with Crippen molar-refractivity contribution in [2.75, 3.05) is 0 Å². The van der Waals surface area contributed by atoms with Crippen molar-refractivity contribution < 1.29 is 4.52 Å². The van der Waals surface area contributed by atoms with Gasteiger partial charge in [-0.2, -0.15) is 4.98 Å². The third-order valence-electron chi connectivity index (χ3n) is 3.60. The number of aryl methyl sites for hydroxylation is 1. The molecule has 0 bridgehead atoms. The van der Waals surface area contributed by atoms with Crippen LogP contribution in [0, 0.1) is 6.92 Å². The van der Waals surface area contributed by atoms with E-state index in [2.05, 4.69) is 36.3 Å². The maximum absolute atomic E-state index is 5.38. The Bertz CT molecular complexity index is 991. The predicted molar refractivity (Wildman–Crippen MR) is 88.0 cm³/mol. The lowest BCUT2D eigenvalue weighted by molar-refractivity contribution is 0.385. The average Bonchev–Trinajstić information content (AvgIpc) is 3.17. The van der Waals surface area contributed by atoms with Gasteiger partial charge in [-0.15, -0.1) is 10.2 Å². The van der Waals surface area contributed by atoms with Crippen LogP contribution in [0.4, 0.5) is 0 Å². The zero-order valence-corrected chi connectivity index (χ0v) is 13.9. The summed E-state index contributed by atoms with van der Waals surface area (Å²) in [6, 6.07) is 11.8. The maximum Gasteiger partial charge on any atom is 0.231 e. The third kappa shape index (κ3) is 2.63. The lowest BCUT2D eigenvalue weighted by Gasteiger charge is -1.99. The molecule has 23 heavy (non-hydrogen) atoms. The Kier molecular flexibility index (Phi) is 3.42. The number of benzene rings is 1. The van der Waals surface area contributed by atoms with Crippen molar-refractivity contribution in [1.82, 2.24) is 24.7 Å². The smallest absolute Gasteiger partial charge is 0.231 e. The summed E-state index contributed by atoms with van der Waals surface area (Å²) >= 11 is 3.53. The van der Waals surface area contributed by atoms with Crippen molar-refractivity contribution >= 4 is 21.6 Å². The molecule has 0 radical (unpaired) electrons. The SMILES string of the molecule is Cc1nnc2ccc(-c3noc(Cc4ccccc4Br)n3)cn12. The van der Waals surface area contributed by atoms with Crippen LogP contribution in [0.3, 0.4) is 0 Å². The molecule has 7 heteroatoms. The standard InChI is InChI=1S/C16H12BrN5O/c1-10-19-20-14-7-6-12(9-22(10)14)16-18-15(23-21-16)8-11-4-2-3-5-13(11)17/h2-7,9H,8H2,1H3. The van der Waals surface area contributed by atoms with E-state index < -0.39 is 0 Å². The van der Waals surface area contributed by atoms with E-state index in [-0.39, 0.29) is 0 Å². The van der Waals surface area contributed by atoms with Crippen molar-refractivity contribution in [1.29, 1.82) is 0 Å². The number of halogens is 1. The molecule has 0 atom stereocenters. The van der Waals surface area contributed by atoms with E-state index in [1.807, 2.05) is 53.9 Å². The second-order valence-corrected chi connectivity index (χ2v) is 6.03. The summed E-state index contributed by atoms with van der Waals surface area (Å²) in [5.41, 5.74) is 2.76. The van der Waals surface area contributed by atoms with E-state index in [0.717, 1.165) is 27.1 Å². The first-order valence-corrected chi connectivity index (χ1v) is 7.88. The number of aromatic nitrogens is 5. The van der Waals surface area contributed by atoms with Crippen molar-refractivity contribution in [3.05, 3.63) is 64.3 Å². The van der Waals surface area contributed by atoms with Crippen LogP contribution >= 0.6 is 15.9 Å². The van der Waals surface area contributed by atoms with Gasteiger partial charge in [0.2, 0.25) is 11.7 Å². The molecule has 0 aliphatic rings. The van der Waals surface area contributed by atoms with Gasteiger partial charge in [-0.3, -0.25) is 4.40 Å². The van der Waals surface area contributed by atoms with Gasteiger partial charge in [0, 0.05) is 16.2 Å². The molecule has 0 saturated carbocycles. The molecular formula is C16H12BrN5O. The zero-order chi connectivity index (χ0) is 15.8. The highest BCUT2D eigenvalue weighted by atomic mass is 79.9. The molecule has 6 nitrogen and oxygen atoms in total. The van der Waals surface area contributed by atoms with Crippen molar-refractivity contribution in [2.45, 2.75) is 13.3 Å². The van der Waals surface area contributed by atoms with Gasteiger partial charge in [0.05, 0.1) is 6.42 Å². The maximum atomic E-state index is 5.38. The molecule has 3 heterocycles. The quantitative estimate of drug-likeness (QED) is 0.553. The van der Waals surface area contributed by atoms with Crippen LogP contribution in [0.2, 0.25) is 0 Å². The predicted octanol–water partition coefficient (Wildman–Crippen LogP) is 3.44. The van der Waals surface area contributed by atoms with Gasteiger partial charge in [0.1, 0.15) is 5.82 Å². The summed E-state index contributed by atoms with van der Waals surface area (Å²) in [5, 5.41) is 12.2.